The summed E-state index contributed by atoms with van der Waals surface area (Å²) >= 11 is 5.87. The van der Waals surface area contributed by atoms with Crippen LogP contribution >= 0.6 is 11.6 Å². The largest absolute Gasteiger partial charge is 0.493 e. The number of carbonyl (C=O) groups is 2. The lowest BCUT2D eigenvalue weighted by molar-refractivity contribution is -0.137. The fraction of sp³-hybridized carbons (Fsp3) is 0.613. The van der Waals surface area contributed by atoms with Gasteiger partial charge >= 0.3 is 0 Å². The molecule has 10 nitrogen and oxygen atoms in total. The van der Waals surface area contributed by atoms with E-state index >= 15 is 0 Å². The van der Waals surface area contributed by atoms with Crippen molar-refractivity contribution in [1.82, 2.24) is 14.9 Å². The first-order valence-electron chi connectivity index (χ1n) is 15.1. The van der Waals surface area contributed by atoms with Crippen molar-refractivity contribution >= 4 is 29.2 Å². The second-order valence-electron chi connectivity index (χ2n) is 11.8. The zero-order valence-corrected chi connectivity index (χ0v) is 25.2. The zero-order valence-electron chi connectivity index (χ0n) is 24.5. The van der Waals surface area contributed by atoms with E-state index in [2.05, 4.69) is 14.9 Å². The van der Waals surface area contributed by atoms with Crippen molar-refractivity contribution in [3.05, 3.63) is 47.0 Å². The van der Waals surface area contributed by atoms with Crippen LogP contribution in [0.5, 0.6) is 5.75 Å². The minimum Gasteiger partial charge on any atom is -0.493 e. The number of aromatic nitrogens is 2. The quantitative estimate of drug-likeness (QED) is 0.242. The maximum absolute atomic E-state index is 14.7. The van der Waals surface area contributed by atoms with Gasteiger partial charge in [0.2, 0.25) is 11.9 Å². The third-order valence-electron chi connectivity index (χ3n) is 8.49. The summed E-state index contributed by atoms with van der Waals surface area (Å²) in [7, 11) is 0. The Morgan fingerprint density at radius 3 is 2.40 bits per heavy atom. The summed E-state index contributed by atoms with van der Waals surface area (Å²) in [6.07, 6.45) is 8.24. The van der Waals surface area contributed by atoms with E-state index in [1.54, 1.807) is 29.4 Å². The number of benzene rings is 1. The van der Waals surface area contributed by atoms with Gasteiger partial charge in [0.25, 0.3) is 0 Å². The summed E-state index contributed by atoms with van der Waals surface area (Å²) in [6.45, 7) is 2.16. The molecule has 2 aliphatic heterocycles. The fourth-order valence-corrected chi connectivity index (χ4v) is 5.61. The Kier molecular flexibility index (Phi) is 12.1. The van der Waals surface area contributed by atoms with Gasteiger partial charge in [0, 0.05) is 45.1 Å². The van der Waals surface area contributed by atoms with Crippen molar-refractivity contribution in [1.29, 1.82) is 0 Å². The summed E-state index contributed by atoms with van der Waals surface area (Å²) in [5.41, 5.74) is -1.31. The average molecular weight is 621 g/mol. The number of hydrogen-bond acceptors (Lipinski definition) is 9. The molecular weight excluding hydrogens is 579 g/mol. The Morgan fingerprint density at radius 1 is 1.05 bits per heavy atom. The average Bonchev–Trinajstić information content (AvgIpc) is 2.99. The Balaban J connectivity index is 1.08. The van der Waals surface area contributed by atoms with Crippen LogP contribution < -0.4 is 9.64 Å². The molecule has 4 rings (SSSR count). The van der Waals surface area contributed by atoms with Crippen LogP contribution in [0.2, 0.25) is 5.02 Å². The third kappa shape index (κ3) is 9.82. The monoisotopic (exact) mass is 620 g/mol. The number of hydrogen-bond donors (Lipinski definition) is 3. The van der Waals surface area contributed by atoms with E-state index in [-0.39, 0.29) is 36.9 Å². The SMILES string of the molecule is O=C(CCC1CN(C(=O)Cc2ccc(OCCCC3CCN(c4ncc(Cl)cn4)CC3)cc2F)C1)CCC(O)(CO)CO. The summed E-state index contributed by atoms with van der Waals surface area (Å²) in [5.74, 6) is 1.30. The highest BCUT2D eigenvalue weighted by Crippen LogP contribution is 2.26. The van der Waals surface area contributed by atoms with Crippen LogP contribution in [0.1, 0.15) is 56.9 Å². The van der Waals surface area contributed by atoms with Crippen LogP contribution in [0.3, 0.4) is 0 Å². The number of Topliss-reactive ketones (excluding diaryl/α,β-unsaturated/α-hetero) is 1. The van der Waals surface area contributed by atoms with Crippen molar-refractivity contribution < 1.29 is 34.0 Å². The Morgan fingerprint density at radius 2 is 1.74 bits per heavy atom. The van der Waals surface area contributed by atoms with Crippen molar-refractivity contribution in [2.24, 2.45) is 11.8 Å². The van der Waals surface area contributed by atoms with Crippen molar-refractivity contribution in [2.45, 2.75) is 63.4 Å². The van der Waals surface area contributed by atoms with E-state index in [9.17, 15) is 19.1 Å². The van der Waals surface area contributed by atoms with Gasteiger partial charge in [-0.15, -0.1) is 0 Å². The molecule has 0 radical (unpaired) electrons. The summed E-state index contributed by atoms with van der Waals surface area (Å²) < 4.78 is 20.5. The van der Waals surface area contributed by atoms with E-state index in [0.717, 1.165) is 38.8 Å². The molecule has 0 aliphatic carbocycles. The van der Waals surface area contributed by atoms with Crippen molar-refractivity contribution in [3.63, 3.8) is 0 Å². The number of amides is 1. The maximum atomic E-state index is 14.7. The van der Waals surface area contributed by atoms with Crippen molar-refractivity contribution in [3.8, 4) is 5.75 Å². The van der Waals surface area contributed by atoms with Gasteiger partial charge in [0.05, 0.1) is 43.7 Å². The molecule has 43 heavy (non-hydrogen) atoms. The van der Waals surface area contributed by atoms with Crippen molar-refractivity contribution in [2.75, 3.05) is 50.9 Å². The highest BCUT2D eigenvalue weighted by Gasteiger charge is 2.31. The first-order chi connectivity index (χ1) is 20.7. The lowest BCUT2D eigenvalue weighted by atomic mass is 9.91. The molecule has 0 saturated carbocycles. The van der Waals surface area contributed by atoms with Crippen LogP contribution in [0.4, 0.5) is 10.3 Å². The van der Waals surface area contributed by atoms with Crippen LogP contribution in [0, 0.1) is 17.7 Å². The minimum absolute atomic E-state index is 0.00584. The Bertz CT molecular complexity index is 1200. The first kappa shape index (κ1) is 33.0. The molecule has 12 heteroatoms. The second kappa shape index (κ2) is 15.7. The molecular formula is C31H42ClFN4O6. The molecule has 3 N–H and O–H groups in total. The minimum atomic E-state index is -1.64. The van der Waals surface area contributed by atoms with E-state index < -0.39 is 24.6 Å². The van der Waals surface area contributed by atoms with Crippen LogP contribution in [-0.4, -0.2) is 93.5 Å². The van der Waals surface area contributed by atoms with Crippen LogP contribution in [-0.2, 0) is 16.0 Å². The van der Waals surface area contributed by atoms with Gasteiger partial charge in [0.15, 0.2) is 0 Å². The number of ketones is 1. The molecule has 3 heterocycles. The van der Waals surface area contributed by atoms with E-state index in [1.165, 1.54) is 6.07 Å². The molecule has 1 aromatic heterocycles. The number of likely N-dealkylation sites (tertiary alicyclic amines) is 1. The first-order valence-corrected chi connectivity index (χ1v) is 15.4. The normalized spacial score (nSPS) is 16.3. The third-order valence-corrected chi connectivity index (χ3v) is 8.69. The van der Waals surface area contributed by atoms with Gasteiger partial charge in [-0.3, -0.25) is 9.59 Å². The lowest BCUT2D eigenvalue weighted by Gasteiger charge is -2.39. The standard InChI is InChI=1S/C31H42ClFN4O6/c32-25-16-34-30(35-17-25)36-11-8-22(9-12-36)2-1-13-43-27-6-4-24(28(33)15-27)14-29(41)37-18-23(19-37)3-5-26(40)7-10-31(42,20-38)21-39/h4,6,15-17,22-23,38-39,42H,1-3,5,7-14,18-21H2. The summed E-state index contributed by atoms with van der Waals surface area (Å²) in [6, 6.07) is 4.65. The van der Waals surface area contributed by atoms with E-state index in [0.29, 0.717) is 60.7 Å². The number of anilines is 1. The van der Waals surface area contributed by atoms with E-state index in [1.807, 2.05) is 0 Å². The van der Waals surface area contributed by atoms with Crippen LogP contribution in [0.15, 0.2) is 30.6 Å². The number of rotatable bonds is 16. The zero-order chi connectivity index (χ0) is 30.8. The van der Waals surface area contributed by atoms with Crippen LogP contribution in [0.25, 0.3) is 0 Å². The summed E-state index contributed by atoms with van der Waals surface area (Å²) in [5, 5.41) is 28.6. The number of ether oxygens (including phenoxy) is 1. The smallest absolute Gasteiger partial charge is 0.227 e. The maximum Gasteiger partial charge on any atom is 0.227 e. The molecule has 0 unspecified atom stereocenters. The van der Waals surface area contributed by atoms with Gasteiger partial charge in [0.1, 0.15) is 23.0 Å². The molecule has 0 atom stereocenters. The van der Waals surface area contributed by atoms with Gasteiger partial charge in [-0.2, -0.15) is 0 Å². The number of piperidine rings is 1. The van der Waals surface area contributed by atoms with Gasteiger partial charge in [-0.25, -0.2) is 14.4 Å². The number of aliphatic hydroxyl groups excluding tert-OH is 2. The summed E-state index contributed by atoms with van der Waals surface area (Å²) in [4.78, 5) is 37.2. The molecule has 2 aliphatic rings. The number of halogens is 2. The number of aliphatic hydroxyl groups is 3. The predicted octanol–water partition coefficient (Wildman–Crippen LogP) is 3.19. The Labute approximate surface area is 256 Å². The molecule has 1 aromatic carbocycles. The fourth-order valence-electron chi connectivity index (χ4n) is 5.51. The molecule has 2 saturated heterocycles. The Hall–Kier alpha value is -2.86. The molecule has 0 spiro atoms. The highest BCUT2D eigenvalue weighted by molar-refractivity contribution is 6.30. The number of carbonyl (C=O) groups excluding carboxylic acids is 2. The highest BCUT2D eigenvalue weighted by atomic mass is 35.5. The predicted molar refractivity (Wildman–Crippen MR) is 159 cm³/mol. The van der Waals surface area contributed by atoms with Gasteiger partial charge < -0.3 is 29.9 Å². The molecule has 2 aromatic rings. The molecule has 1 amide bonds. The molecule has 236 valence electrons. The molecule has 2 fully saturated rings. The molecule has 0 bridgehead atoms. The lowest BCUT2D eigenvalue weighted by Crippen LogP contribution is -2.50. The second-order valence-corrected chi connectivity index (χ2v) is 12.3. The number of nitrogens with zero attached hydrogens (tertiary/aromatic N) is 4. The topological polar surface area (TPSA) is 136 Å². The van der Waals surface area contributed by atoms with Gasteiger partial charge in [-0.05, 0) is 62.0 Å². The van der Waals surface area contributed by atoms with Gasteiger partial charge in [-0.1, -0.05) is 17.7 Å². The van der Waals surface area contributed by atoms with E-state index in [4.69, 9.17) is 26.6 Å².